The largest absolute Gasteiger partial charge is 0.329 e. The standard InChI is InChI=1S/C14H32N2/c1-11(2)8-12(3)16(7)13(10-15)9-14(4,5)6/h11-13H,8-10,15H2,1-7H3. The number of rotatable bonds is 6. The normalized spacial score (nSPS) is 16.9. The van der Waals surface area contributed by atoms with E-state index in [0.29, 0.717) is 17.5 Å². The van der Waals surface area contributed by atoms with Crippen LogP contribution in [0.15, 0.2) is 0 Å². The maximum Gasteiger partial charge on any atom is 0.0223 e. The summed E-state index contributed by atoms with van der Waals surface area (Å²) in [6, 6.07) is 1.13. The van der Waals surface area contributed by atoms with Crippen molar-refractivity contribution in [1.29, 1.82) is 0 Å². The molecule has 2 heteroatoms. The molecule has 2 atom stereocenters. The Kier molecular flexibility index (Phi) is 6.57. The summed E-state index contributed by atoms with van der Waals surface area (Å²) in [5.74, 6) is 0.755. The van der Waals surface area contributed by atoms with Crippen LogP contribution in [0.4, 0.5) is 0 Å². The fourth-order valence-electron chi connectivity index (χ4n) is 2.31. The molecule has 0 saturated heterocycles. The van der Waals surface area contributed by atoms with Crippen LogP contribution in [0.1, 0.15) is 54.4 Å². The molecule has 0 aliphatic heterocycles. The molecule has 0 radical (unpaired) electrons. The minimum absolute atomic E-state index is 0.357. The van der Waals surface area contributed by atoms with E-state index >= 15 is 0 Å². The molecule has 0 rings (SSSR count). The van der Waals surface area contributed by atoms with E-state index in [1.54, 1.807) is 0 Å². The van der Waals surface area contributed by atoms with Crippen molar-refractivity contribution in [2.75, 3.05) is 13.6 Å². The van der Waals surface area contributed by atoms with Gasteiger partial charge in [0.05, 0.1) is 0 Å². The molecular weight excluding hydrogens is 196 g/mol. The first-order chi connectivity index (χ1) is 7.17. The second kappa shape index (κ2) is 6.61. The average Bonchev–Trinajstić information content (AvgIpc) is 2.10. The van der Waals surface area contributed by atoms with Gasteiger partial charge >= 0.3 is 0 Å². The molecule has 0 bridgehead atoms. The van der Waals surface area contributed by atoms with Gasteiger partial charge in [-0.15, -0.1) is 0 Å². The van der Waals surface area contributed by atoms with E-state index in [4.69, 9.17) is 5.73 Å². The van der Waals surface area contributed by atoms with E-state index in [9.17, 15) is 0 Å². The van der Waals surface area contributed by atoms with Gasteiger partial charge in [0.2, 0.25) is 0 Å². The molecule has 0 fully saturated rings. The van der Waals surface area contributed by atoms with Crippen molar-refractivity contribution in [2.24, 2.45) is 17.1 Å². The maximum atomic E-state index is 5.91. The van der Waals surface area contributed by atoms with Crippen LogP contribution in [0, 0.1) is 11.3 Å². The van der Waals surface area contributed by atoms with Gasteiger partial charge in [-0.3, -0.25) is 4.90 Å². The summed E-state index contributed by atoms with van der Waals surface area (Å²) in [4.78, 5) is 2.46. The van der Waals surface area contributed by atoms with Gasteiger partial charge in [-0.25, -0.2) is 0 Å². The van der Waals surface area contributed by atoms with E-state index < -0.39 is 0 Å². The van der Waals surface area contributed by atoms with Crippen LogP contribution < -0.4 is 5.73 Å². The zero-order valence-electron chi connectivity index (χ0n) is 12.4. The molecule has 0 aromatic rings. The first kappa shape index (κ1) is 15.9. The second-order valence-corrected chi connectivity index (χ2v) is 6.80. The fourth-order valence-corrected chi connectivity index (χ4v) is 2.31. The molecule has 0 aliphatic carbocycles. The number of likely N-dealkylation sites (N-methyl/N-ethyl adjacent to an activating group) is 1. The summed E-state index contributed by atoms with van der Waals surface area (Å²) in [5, 5.41) is 0. The highest BCUT2D eigenvalue weighted by Crippen LogP contribution is 2.24. The topological polar surface area (TPSA) is 29.3 Å². The minimum Gasteiger partial charge on any atom is -0.329 e. The summed E-state index contributed by atoms with van der Waals surface area (Å²) >= 11 is 0. The highest BCUT2D eigenvalue weighted by atomic mass is 15.2. The zero-order chi connectivity index (χ0) is 12.9. The lowest BCUT2D eigenvalue weighted by Crippen LogP contribution is -2.45. The van der Waals surface area contributed by atoms with Crippen molar-refractivity contribution < 1.29 is 0 Å². The molecule has 0 aromatic carbocycles. The molecule has 0 saturated carbocycles. The summed E-state index contributed by atoms with van der Waals surface area (Å²) in [7, 11) is 2.22. The molecule has 2 unspecified atom stereocenters. The van der Waals surface area contributed by atoms with Gasteiger partial charge in [0.25, 0.3) is 0 Å². The number of nitrogens with two attached hydrogens (primary N) is 1. The third kappa shape index (κ3) is 6.49. The zero-order valence-corrected chi connectivity index (χ0v) is 12.4. The highest BCUT2D eigenvalue weighted by molar-refractivity contribution is 4.80. The Bertz CT molecular complexity index is 182. The minimum atomic E-state index is 0.357. The lowest BCUT2D eigenvalue weighted by atomic mass is 9.87. The molecule has 0 aliphatic rings. The van der Waals surface area contributed by atoms with Gasteiger partial charge in [0.1, 0.15) is 0 Å². The molecule has 0 spiro atoms. The summed E-state index contributed by atoms with van der Waals surface area (Å²) in [6.45, 7) is 14.5. The van der Waals surface area contributed by atoms with Gasteiger partial charge in [-0.1, -0.05) is 34.6 Å². The fraction of sp³-hybridized carbons (Fsp3) is 1.00. The highest BCUT2D eigenvalue weighted by Gasteiger charge is 2.24. The first-order valence-electron chi connectivity index (χ1n) is 6.59. The third-order valence-electron chi connectivity index (χ3n) is 3.20. The summed E-state index contributed by atoms with van der Waals surface area (Å²) in [5.41, 5.74) is 6.26. The van der Waals surface area contributed by atoms with Crippen LogP contribution in [-0.4, -0.2) is 30.6 Å². The third-order valence-corrected chi connectivity index (χ3v) is 3.20. The Morgan fingerprint density at radius 1 is 1.12 bits per heavy atom. The van der Waals surface area contributed by atoms with Crippen LogP contribution in [0.3, 0.4) is 0 Å². The van der Waals surface area contributed by atoms with Gasteiger partial charge in [0.15, 0.2) is 0 Å². The van der Waals surface area contributed by atoms with E-state index in [-0.39, 0.29) is 0 Å². The first-order valence-corrected chi connectivity index (χ1v) is 6.59. The second-order valence-electron chi connectivity index (χ2n) is 6.80. The van der Waals surface area contributed by atoms with Crippen LogP contribution in [-0.2, 0) is 0 Å². The lowest BCUT2D eigenvalue weighted by molar-refractivity contribution is 0.130. The Hall–Kier alpha value is -0.0800. The molecule has 0 amide bonds. The lowest BCUT2D eigenvalue weighted by Gasteiger charge is -2.36. The summed E-state index contributed by atoms with van der Waals surface area (Å²) in [6.07, 6.45) is 2.42. The molecule has 0 aromatic heterocycles. The maximum absolute atomic E-state index is 5.91. The Morgan fingerprint density at radius 2 is 1.62 bits per heavy atom. The Morgan fingerprint density at radius 3 is 1.94 bits per heavy atom. The predicted molar refractivity (Wildman–Crippen MR) is 73.6 cm³/mol. The van der Waals surface area contributed by atoms with Crippen molar-refractivity contribution in [3.8, 4) is 0 Å². The van der Waals surface area contributed by atoms with Gasteiger partial charge in [-0.05, 0) is 38.1 Å². The van der Waals surface area contributed by atoms with Crippen molar-refractivity contribution >= 4 is 0 Å². The number of hydrogen-bond acceptors (Lipinski definition) is 2. The molecular formula is C14H32N2. The van der Waals surface area contributed by atoms with E-state index in [1.165, 1.54) is 12.8 Å². The number of hydrogen-bond donors (Lipinski definition) is 1. The van der Waals surface area contributed by atoms with Crippen LogP contribution in [0.5, 0.6) is 0 Å². The van der Waals surface area contributed by atoms with Crippen molar-refractivity contribution in [3.05, 3.63) is 0 Å². The number of nitrogens with zero attached hydrogens (tertiary/aromatic N) is 1. The van der Waals surface area contributed by atoms with E-state index in [1.807, 2.05) is 0 Å². The predicted octanol–water partition coefficient (Wildman–Crippen LogP) is 3.12. The average molecular weight is 228 g/mol. The van der Waals surface area contributed by atoms with Gasteiger partial charge < -0.3 is 5.73 Å². The van der Waals surface area contributed by atoms with E-state index in [2.05, 4.69) is 53.5 Å². The monoisotopic (exact) mass is 228 g/mol. The van der Waals surface area contributed by atoms with Crippen LogP contribution >= 0.6 is 0 Å². The molecule has 2 nitrogen and oxygen atoms in total. The SMILES string of the molecule is CC(C)CC(C)N(C)C(CN)CC(C)(C)C. The molecule has 2 N–H and O–H groups in total. The Balaban J connectivity index is 4.35. The van der Waals surface area contributed by atoms with E-state index in [0.717, 1.165) is 12.5 Å². The quantitative estimate of drug-likeness (QED) is 0.757. The van der Waals surface area contributed by atoms with Gasteiger partial charge in [0, 0.05) is 18.6 Å². The molecule has 98 valence electrons. The van der Waals surface area contributed by atoms with Gasteiger partial charge in [-0.2, -0.15) is 0 Å². The molecule has 16 heavy (non-hydrogen) atoms. The van der Waals surface area contributed by atoms with Crippen molar-refractivity contribution in [3.63, 3.8) is 0 Å². The van der Waals surface area contributed by atoms with Crippen molar-refractivity contribution in [1.82, 2.24) is 4.90 Å². The molecule has 0 heterocycles. The Labute approximate surface area is 103 Å². The smallest absolute Gasteiger partial charge is 0.0223 e. The van der Waals surface area contributed by atoms with Crippen LogP contribution in [0.2, 0.25) is 0 Å². The summed E-state index contributed by atoms with van der Waals surface area (Å²) < 4.78 is 0. The van der Waals surface area contributed by atoms with Crippen molar-refractivity contribution in [2.45, 2.75) is 66.5 Å². The van der Waals surface area contributed by atoms with Crippen LogP contribution in [0.25, 0.3) is 0 Å².